The molecule has 0 saturated heterocycles. The smallest absolute Gasteiger partial charge is 0.231 e. The van der Waals surface area contributed by atoms with E-state index in [0.717, 1.165) is 29.9 Å². The largest absolute Gasteiger partial charge is 0.454 e. The van der Waals surface area contributed by atoms with E-state index in [1.54, 1.807) is 0 Å². The van der Waals surface area contributed by atoms with Gasteiger partial charge in [-0.25, -0.2) is 0 Å². The highest BCUT2D eigenvalue weighted by Crippen LogP contribution is 2.44. The predicted molar refractivity (Wildman–Crippen MR) is 71.2 cm³/mol. The van der Waals surface area contributed by atoms with Gasteiger partial charge in [-0.3, -0.25) is 0 Å². The molecule has 0 radical (unpaired) electrons. The Labute approximate surface area is 106 Å². The minimum absolute atomic E-state index is 0.183. The van der Waals surface area contributed by atoms with Gasteiger partial charge in [-0.2, -0.15) is 0 Å². The molecule has 1 aliphatic carbocycles. The van der Waals surface area contributed by atoms with Crippen LogP contribution in [-0.2, 0) is 12.8 Å². The minimum atomic E-state index is 0.183. The van der Waals surface area contributed by atoms with Crippen molar-refractivity contribution in [3.05, 3.63) is 23.4 Å². The second-order valence-corrected chi connectivity index (χ2v) is 4.49. The summed E-state index contributed by atoms with van der Waals surface area (Å²) in [5.41, 5.74) is 9.70. The topological polar surface area (TPSA) is 60.3 Å². The number of hydrogen-bond acceptors (Lipinski definition) is 3. The van der Waals surface area contributed by atoms with E-state index in [1.165, 1.54) is 16.5 Å². The highest BCUT2D eigenvalue weighted by atomic mass is 16.7. The molecular formula is C14H18N2O2. The van der Waals surface area contributed by atoms with Crippen molar-refractivity contribution in [1.29, 1.82) is 0 Å². The van der Waals surface area contributed by atoms with Crippen LogP contribution in [0.25, 0.3) is 10.9 Å². The molecule has 1 unspecified atom stereocenters. The fourth-order valence-corrected chi connectivity index (χ4v) is 2.80. The van der Waals surface area contributed by atoms with Crippen molar-refractivity contribution in [2.24, 2.45) is 5.73 Å². The first kappa shape index (κ1) is 11.4. The summed E-state index contributed by atoms with van der Waals surface area (Å²) >= 11 is 0. The maximum Gasteiger partial charge on any atom is 0.231 e. The summed E-state index contributed by atoms with van der Waals surface area (Å²) in [5.74, 6) is 1.73. The van der Waals surface area contributed by atoms with E-state index in [1.807, 2.05) is 26.1 Å². The average molecular weight is 246 g/mol. The molecule has 1 atom stereocenters. The Balaban J connectivity index is 0.000000478. The number of benzene rings is 1. The van der Waals surface area contributed by atoms with Gasteiger partial charge in [-0.1, -0.05) is 13.8 Å². The van der Waals surface area contributed by atoms with Gasteiger partial charge in [0.2, 0.25) is 6.79 Å². The SMILES string of the molecule is CC.NC1Cc2c[nH]c3cc4c(c(c23)C1)OCO4. The molecule has 0 amide bonds. The molecule has 0 fully saturated rings. The zero-order valence-electron chi connectivity index (χ0n) is 10.7. The zero-order chi connectivity index (χ0) is 12.7. The van der Waals surface area contributed by atoms with Crippen LogP contribution in [0.15, 0.2) is 12.3 Å². The van der Waals surface area contributed by atoms with Crippen LogP contribution >= 0.6 is 0 Å². The van der Waals surface area contributed by atoms with Crippen molar-refractivity contribution < 1.29 is 9.47 Å². The minimum Gasteiger partial charge on any atom is -0.454 e. The van der Waals surface area contributed by atoms with E-state index in [0.29, 0.717) is 6.79 Å². The standard InChI is InChI=1S/C12H12N2O2.C2H6/c13-7-1-6-4-14-9-3-10-12(16-5-15-10)8(2-7)11(6)9;1-2/h3-4,7,14H,1-2,5,13H2;1-2H3. The molecule has 1 aliphatic heterocycles. The average Bonchev–Trinajstić information content (AvgIpc) is 3.00. The lowest BCUT2D eigenvalue weighted by Crippen LogP contribution is -2.28. The van der Waals surface area contributed by atoms with Crippen LogP contribution in [0.2, 0.25) is 0 Å². The monoisotopic (exact) mass is 246 g/mol. The summed E-state index contributed by atoms with van der Waals surface area (Å²) in [6, 6.07) is 2.20. The number of aromatic nitrogens is 1. The van der Waals surface area contributed by atoms with E-state index in [2.05, 4.69) is 4.98 Å². The van der Waals surface area contributed by atoms with Gasteiger partial charge in [-0.15, -0.1) is 0 Å². The fraction of sp³-hybridized carbons (Fsp3) is 0.429. The summed E-state index contributed by atoms with van der Waals surface area (Å²) in [6.45, 7) is 4.32. The van der Waals surface area contributed by atoms with Crippen molar-refractivity contribution in [1.82, 2.24) is 4.98 Å². The summed E-state index contributed by atoms with van der Waals surface area (Å²) in [7, 11) is 0. The Morgan fingerprint density at radius 1 is 1.28 bits per heavy atom. The molecule has 0 bridgehead atoms. The maximum atomic E-state index is 6.07. The normalized spacial score (nSPS) is 19.6. The Morgan fingerprint density at radius 3 is 2.94 bits per heavy atom. The van der Waals surface area contributed by atoms with E-state index < -0.39 is 0 Å². The van der Waals surface area contributed by atoms with Crippen molar-refractivity contribution in [2.75, 3.05) is 6.79 Å². The number of rotatable bonds is 0. The van der Waals surface area contributed by atoms with Gasteiger partial charge in [-0.05, 0) is 18.4 Å². The summed E-state index contributed by atoms with van der Waals surface area (Å²) in [5, 5.41) is 1.28. The van der Waals surface area contributed by atoms with Crippen LogP contribution in [0.5, 0.6) is 11.5 Å². The fourth-order valence-electron chi connectivity index (χ4n) is 2.80. The quantitative estimate of drug-likeness (QED) is 0.750. The number of ether oxygens (including phenoxy) is 2. The lowest BCUT2D eigenvalue weighted by Gasteiger charge is -2.20. The lowest BCUT2D eigenvalue weighted by molar-refractivity contribution is 0.173. The van der Waals surface area contributed by atoms with E-state index >= 15 is 0 Å². The molecule has 2 aliphatic rings. The van der Waals surface area contributed by atoms with Crippen LogP contribution in [0, 0.1) is 0 Å². The number of hydrogen-bond donors (Lipinski definition) is 2. The highest BCUT2D eigenvalue weighted by Gasteiger charge is 2.27. The van der Waals surface area contributed by atoms with Gasteiger partial charge >= 0.3 is 0 Å². The molecule has 2 aromatic rings. The van der Waals surface area contributed by atoms with Crippen molar-refractivity contribution in [3.8, 4) is 11.5 Å². The van der Waals surface area contributed by atoms with Crippen molar-refractivity contribution >= 4 is 10.9 Å². The number of nitrogens with one attached hydrogen (secondary N) is 1. The van der Waals surface area contributed by atoms with Crippen LogP contribution in [-0.4, -0.2) is 17.8 Å². The number of nitrogens with two attached hydrogens (primary N) is 1. The van der Waals surface area contributed by atoms with Gasteiger partial charge < -0.3 is 20.2 Å². The summed E-state index contributed by atoms with van der Waals surface area (Å²) < 4.78 is 11.0. The Bertz CT molecular complexity index is 589. The summed E-state index contributed by atoms with van der Waals surface area (Å²) in [6.07, 6.45) is 3.85. The number of aromatic amines is 1. The second-order valence-electron chi connectivity index (χ2n) is 4.49. The molecule has 1 aromatic heterocycles. The number of H-pyrrole nitrogens is 1. The van der Waals surface area contributed by atoms with Crippen LogP contribution < -0.4 is 15.2 Å². The second kappa shape index (κ2) is 4.21. The summed E-state index contributed by atoms with van der Waals surface area (Å²) in [4.78, 5) is 3.28. The van der Waals surface area contributed by atoms with Gasteiger partial charge in [0.15, 0.2) is 11.5 Å². The Hall–Kier alpha value is -1.68. The molecule has 18 heavy (non-hydrogen) atoms. The van der Waals surface area contributed by atoms with Gasteiger partial charge in [0.25, 0.3) is 0 Å². The molecule has 0 saturated carbocycles. The van der Waals surface area contributed by atoms with Crippen LogP contribution in [0.3, 0.4) is 0 Å². The first-order valence-electron chi connectivity index (χ1n) is 6.50. The van der Waals surface area contributed by atoms with E-state index in [-0.39, 0.29) is 6.04 Å². The third kappa shape index (κ3) is 1.49. The molecule has 4 nitrogen and oxygen atoms in total. The van der Waals surface area contributed by atoms with Crippen LogP contribution in [0.1, 0.15) is 25.0 Å². The predicted octanol–water partition coefficient (Wildman–Crippen LogP) is 2.35. The van der Waals surface area contributed by atoms with Gasteiger partial charge in [0, 0.05) is 34.8 Å². The number of fused-ring (bicyclic) bond motifs is 2. The van der Waals surface area contributed by atoms with Gasteiger partial charge in [0.1, 0.15) is 0 Å². The lowest BCUT2D eigenvalue weighted by atomic mass is 9.89. The molecule has 1 aromatic carbocycles. The molecule has 4 rings (SSSR count). The molecular weight excluding hydrogens is 228 g/mol. The van der Waals surface area contributed by atoms with Crippen LogP contribution in [0.4, 0.5) is 0 Å². The zero-order valence-corrected chi connectivity index (χ0v) is 10.7. The van der Waals surface area contributed by atoms with Crippen molar-refractivity contribution in [3.63, 3.8) is 0 Å². The Morgan fingerprint density at radius 2 is 2.11 bits per heavy atom. The molecule has 96 valence electrons. The third-order valence-corrected chi connectivity index (χ3v) is 3.43. The third-order valence-electron chi connectivity index (χ3n) is 3.43. The Kier molecular flexibility index (Phi) is 2.67. The van der Waals surface area contributed by atoms with Crippen molar-refractivity contribution in [2.45, 2.75) is 32.7 Å². The maximum absolute atomic E-state index is 6.07. The first-order chi connectivity index (χ1) is 8.83. The molecule has 4 heteroatoms. The van der Waals surface area contributed by atoms with E-state index in [4.69, 9.17) is 15.2 Å². The van der Waals surface area contributed by atoms with E-state index in [9.17, 15) is 0 Å². The molecule has 2 heterocycles. The van der Waals surface area contributed by atoms with Gasteiger partial charge in [0.05, 0.1) is 0 Å². The first-order valence-corrected chi connectivity index (χ1v) is 6.50. The highest BCUT2D eigenvalue weighted by molar-refractivity contribution is 5.92. The molecule has 3 N–H and O–H groups in total. The molecule has 0 spiro atoms.